The van der Waals surface area contributed by atoms with Gasteiger partial charge < -0.3 is 4.43 Å². The van der Waals surface area contributed by atoms with E-state index in [0.29, 0.717) is 16.6 Å². The molecule has 0 saturated heterocycles. The molecule has 0 amide bonds. The smallest absolute Gasteiger partial charge is 0.258 e. The van der Waals surface area contributed by atoms with Crippen LogP contribution in [0.2, 0.25) is 16.6 Å². The highest BCUT2D eigenvalue weighted by Crippen LogP contribution is 2.44. The molecule has 0 heterocycles. The van der Waals surface area contributed by atoms with E-state index in [1.807, 2.05) is 12.1 Å². The normalized spacial score (nSPS) is 12.3. The molecule has 0 unspecified atom stereocenters. The van der Waals surface area contributed by atoms with E-state index in [0.717, 1.165) is 15.8 Å². The Labute approximate surface area is 133 Å². The molecule has 0 aromatic heterocycles. The summed E-state index contributed by atoms with van der Waals surface area (Å²) in [7, 11) is -1.90. The van der Waals surface area contributed by atoms with E-state index >= 15 is 0 Å². The van der Waals surface area contributed by atoms with Crippen LogP contribution in [0.4, 0.5) is 0 Å². The monoisotopic (exact) mass is 354 g/mol. The zero-order valence-corrected chi connectivity index (χ0v) is 16.1. The largest absolute Gasteiger partial charge is 0.543 e. The molecule has 1 nitrogen and oxygen atoms in total. The van der Waals surface area contributed by atoms with Gasteiger partial charge in [-0.25, -0.2) is 0 Å². The van der Waals surface area contributed by atoms with Crippen molar-refractivity contribution in [3.8, 4) is 0 Å². The highest BCUT2D eigenvalue weighted by atomic mass is 79.9. The van der Waals surface area contributed by atoms with Crippen molar-refractivity contribution in [2.24, 2.45) is 0 Å². The van der Waals surface area contributed by atoms with Crippen molar-refractivity contribution in [2.45, 2.75) is 58.2 Å². The van der Waals surface area contributed by atoms with Gasteiger partial charge in [0, 0.05) is 10.0 Å². The first-order chi connectivity index (χ1) is 9.21. The van der Waals surface area contributed by atoms with Crippen LogP contribution < -0.4 is 0 Å². The second-order valence-corrected chi connectivity index (χ2v) is 12.6. The second-order valence-electron chi connectivity index (χ2n) is 6.35. The predicted molar refractivity (Wildman–Crippen MR) is 95.3 cm³/mol. The van der Waals surface area contributed by atoms with E-state index in [9.17, 15) is 0 Å². The maximum atomic E-state index is 6.58. The Balaban J connectivity index is 3.07. The molecule has 1 aromatic carbocycles. The molecule has 0 fully saturated rings. The number of hydrogen-bond acceptors (Lipinski definition) is 1. The Hall–Kier alpha value is -0.543. The summed E-state index contributed by atoms with van der Waals surface area (Å²) in [4.78, 5) is 0. The van der Waals surface area contributed by atoms with Gasteiger partial charge in [0.1, 0.15) is 5.76 Å². The average molecular weight is 355 g/mol. The van der Waals surface area contributed by atoms with Crippen molar-refractivity contribution in [3.63, 3.8) is 0 Å². The molecule has 0 radical (unpaired) electrons. The van der Waals surface area contributed by atoms with E-state index in [4.69, 9.17) is 4.43 Å². The minimum absolute atomic E-state index is 0.565. The SMILES string of the molecule is C=C(O[Si](C(C)C)(C(C)C)C(C)C)c1ccc(Br)cc1. The molecule has 0 aliphatic carbocycles. The van der Waals surface area contributed by atoms with Crippen molar-refractivity contribution in [1.82, 2.24) is 0 Å². The Morgan fingerprint density at radius 2 is 1.35 bits per heavy atom. The van der Waals surface area contributed by atoms with Crippen LogP contribution in [-0.4, -0.2) is 8.32 Å². The molecule has 20 heavy (non-hydrogen) atoms. The van der Waals surface area contributed by atoms with E-state index < -0.39 is 8.32 Å². The molecular weight excluding hydrogens is 328 g/mol. The minimum Gasteiger partial charge on any atom is -0.543 e. The molecule has 0 bridgehead atoms. The summed E-state index contributed by atoms with van der Waals surface area (Å²) in [5.74, 6) is 0.820. The van der Waals surface area contributed by atoms with Crippen LogP contribution in [0.15, 0.2) is 35.3 Å². The van der Waals surface area contributed by atoms with Crippen molar-refractivity contribution >= 4 is 30.0 Å². The summed E-state index contributed by atoms with van der Waals surface area (Å²) in [5, 5.41) is 0. The number of benzene rings is 1. The van der Waals surface area contributed by atoms with Gasteiger partial charge in [-0.1, -0.05) is 76.2 Å². The maximum absolute atomic E-state index is 6.58. The highest BCUT2D eigenvalue weighted by molar-refractivity contribution is 9.10. The molecule has 3 heteroatoms. The Kier molecular flexibility index (Phi) is 6.08. The van der Waals surface area contributed by atoms with E-state index in [-0.39, 0.29) is 0 Å². The van der Waals surface area contributed by atoms with Gasteiger partial charge in [0.05, 0.1) is 0 Å². The average Bonchev–Trinajstić information content (AvgIpc) is 2.35. The van der Waals surface area contributed by atoms with Crippen molar-refractivity contribution in [1.29, 1.82) is 0 Å². The van der Waals surface area contributed by atoms with Crippen molar-refractivity contribution in [2.75, 3.05) is 0 Å². The molecule has 0 N–H and O–H groups in total. The minimum atomic E-state index is -1.90. The molecule has 0 atom stereocenters. The van der Waals surface area contributed by atoms with Gasteiger partial charge in [0.25, 0.3) is 8.32 Å². The van der Waals surface area contributed by atoms with Crippen LogP contribution in [-0.2, 0) is 4.43 Å². The topological polar surface area (TPSA) is 9.23 Å². The summed E-state index contributed by atoms with van der Waals surface area (Å²) in [6.45, 7) is 17.9. The van der Waals surface area contributed by atoms with Crippen molar-refractivity contribution < 1.29 is 4.43 Å². The molecule has 0 aliphatic heterocycles. The summed E-state index contributed by atoms with van der Waals surface area (Å²) in [6, 6.07) is 8.19. The summed E-state index contributed by atoms with van der Waals surface area (Å²) in [5.41, 5.74) is 2.77. The lowest BCUT2D eigenvalue weighted by molar-refractivity contribution is 0.445. The van der Waals surface area contributed by atoms with Crippen LogP contribution in [0.3, 0.4) is 0 Å². The number of rotatable bonds is 6. The quantitative estimate of drug-likeness (QED) is 0.412. The zero-order valence-electron chi connectivity index (χ0n) is 13.5. The van der Waals surface area contributed by atoms with Crippen molar-refractivity contribution in [3.05, 3.63) is 40.9 Å². The molecular formula is C17H27BrOSi. The molecule has 0 aliphatic rings. The van der Waals surface area contributed by atoms with E-state index in [1.54, 1.807) is 0 Å². The highest BCUT2D eigenvalue weighted by Gasteiger charge is 2.47. The lowest BCUT2D eigenvalue weighted by atomic mass is 10.2. The van der Waals surface area contributed by atoms with Gasteiger partial charge in [0.2, 0.25) is 0 Å². The van der Waals surface area contributed by atoms with Gasteiger partial charge in [-0.05, 0) is 28.8 Å². The lowest BCUT2D eigenvalue weighted by Gasteiger charge is -2.42. The Morgan fingerprint density at radius 1 is 0.950 bits per heavy atom. The van der Waals surface area contributed by atoms with Gasteiger partial charge in [-0.2, -0.15) is 0 Å². The van der Waals surface area contributed by atoms with Gasteiger partial charge in [0.15, 0.2) is 0 Å². The number of halogens is 1. The van der Waals surface area contributed by atoms with Gasteiger partial charge in [-0.15, -0.1) is 0 Å². The standard InChI is InChI=1S/C17H27BrOSi/c1-12(2)20(13(3)4,14(5)6)19-15(7)16-8-10-17(18)11-9-16/h8-14H,7H2,1-6H3. The Bertz CT molecular complexity index is 427. The zero-order chi connectivity index (χ0) is 15.5. The van der Waals surface area contributed by atoms with E-state index in [1.165, 1.54) is 0 Å². The third kappa shape index (κ3) is 3.56. The third-order valence-corrected chi connectivity index (χ3v) is 10.7. The first kappa shape index (κ1) is 17.5. The van der Waals surface area contributed by atoms with Gasteiger partial charge in [-0.3, -0.25) is 0 Å². The first-order valence-electron chi connectivity index (χ1n) is 7.35. The summed E-state index contributed by atoms with van der Waals surface area (Å²) >= 11 is 3.46. The maximum Gasteiger partial charge on any atom is 0.258 e. The van der Waals surface area contributed by atoms with Gasteiger partial charge >= 0.3 is 0 Å². The van der Waals surface area contributed by atoms with Crippen LogP contribution in [0.1, 0.15) is 47.1 Å². The fraction of sp³-hybridized carbons (Fsp3) is 0.529. The fourth-order valence-electron chi connectivity index (χ4n) is 3.26. The molecule has 1 rings (SSSR count). The van der Waals surface area contributed by atoms with Crippen LogP contribution in [0, 0.1) is 0 Å². The molecule has 112 valence electrons. The summed E-state index contributed by atoms with van der Waals surface area (Å²) < 4.78 is 7.66. The third-order valence-electron chi connectivity index (χ3n) is 4.17. The summed E-state index contributed by atoms with van der Waals surface area (Å²) in [6.07, 6.45) is 0. The first-order valence-corrected chi connectivity index (χ1v) is 10.3. The predicted octanol–water partition coefficient (Wildman–Crippen LogP) is 6.61. The molecule has 0 spiro atoms. The molecule has 0 saturated carbocycles. The number of hydrogen-bond donors (Lipinski definition) is 0. The molecule has 1 aromatic rings. The Morgan fingerprint density at radius 3 is 1.70 bits per heavy atom. The van der Waals surface area contributed by atoms with Crippen LogP contribution in [0.5, 0.6) is 0 Å². The lowest BCUT2D eigenvalue weighted by Crippen LogP contribution is -2.47. The fourth-order valence-corrected chi connectivity index (χ4v) is 8.78. The van der Waals surface area contributed by atoms with Crippen LogP contribution in [0.25, 0.3) is 5.76 Å². The second kappa shape index (κ2) is 6.95. The van der Waals surface area contributed by atoms with Crippen LogP contribution >= 0.6 is 15.9 Å². The van der Waals surface area contributed by atoms with E-state index in [2.05, 4.69) is 76.2 Å².